The quantitative estimate of drug-likeness (QED) is 0.614. The van der Waals surface area contributed by atoms with Crippen molar-refractivity contribution in [1.82, 2.24) is 14.9 Å². The number of fused-ring (bicyclic) bond motifs is 1. The van der Waals surface area contributed by atoms with Crippen molar-refractivity contribution in [3.8, 4) is 5.75 Å². The van der Waals surface area contributed by atoms with Crippen LogP contribution in [0.1, 0.15) is 21.8 Å². The maximum atomic E-state index is 5.48. The van der Waals surface area contributed by atoms with Gasteiger partial charge in [-0.25, -0.2) is 9.97 Å². The number of aryl methyl sites for hydroxylation is 2. The standard InChI is InChI=1S/C22H28N4O2S/c1-15-16(2)29-22-20(15)21(23-19(24-22)14-26-8-10-28-11-9-26)25(3)13-17-6-5-7-18(12-17)27-4/h5-7,12H,8-11,13-14H2,1-4H3. The lowest BCUT2D eigenvalue weighted by Crippen LogP contribution is -2.36. The fraction of sp³-hybridized carbons (Fsp3) is 0.455. The first kappa shape index (κ1) is 20.1. The summed E-state index contributed by atoms with van der Waals surface area (Å²) in [7, 11) is 3.80. The van der Waals surface area contributed by atoms with Gasteiger partial charge in [0, 0.05) is 31.6 Å². The second kappa shape index (κ2) is 8.65. The number of rotatable bonds is 6. The van der Waals surface area contributed by atoms with Gasteiger partial charge in [0.25, 0.3) is 0 Å². The molecule has 1 aliphatic heterocycles. The fourth-order valence-electron chi connectivity index (χ4n) is 3.70. The van der Waals surface area contributed by atoms with Gasteiger partial charge in [-0.2, -0.15) is 0 Å². The molecule has 4 rings (SSSR count). The summed E-state index contributed by atoms with van der Waals surface area (Å²) in [4.78, 5) is 16.9. The van der Waals surface area contributed by atoms with Crippen molar-refractivity contribution >= 4 is 27.4 Å². The molecule has 0 bridgehead atoms. The van der Waals surface area contributed by atoms with Gasteiger partial charge in [-0.05, 0) is 37.1 Å². The van der Waals surface area contributed by atoms with Crippen LogP contribution in [0.3, 0.4) is 0 Å². The van der Waals surface area contributed by atoms with Gasteiger partial charge in [0.15, 0.2) is 0 Å². The van der Waals surface area contributed by atoms with Gasteiger partial charge < -0.3 is 14.4 Å². The second-order valence-electron chi connectivity index (χ2n) is 7.52. The Bertz CT molecular complexity index is 998. The summed E-state index contributed by atoms with van der Waals surface area (Å²) in [5.74, 6) is 2.76. The maximum absolute atomic E-state index is 5.48. The molecule has 1 saturated heterocycles. The number of morpholine rings is 1. The molecule has 0 atom stereocenters. The van der Waals surface area contributed by atoms with E-state index in [2.05, 4.69) is 42.8 Å². The van der Waals surface area contributed by atoms with Crippen LogP contribution >= 0.6 is 11.3 Å². The molecule has 6 nitrogen and oxygen atoms in total. The molecule has 0 unspecified atom stereocenters. The van der Waals surface area contributed by atoms with Crippen molar-refractivity contribution in [3.05, 3.63) is 46.1 Å². The number of benzene rings is 1. The monoisotopic (exact) mass is 412 g/mol. The Labute approximate surface area is 176 Å². The van der Waals surface area contributed by atoms with Crippen LogP contribution in [0, 0.1) is 13.8 Å². The molecular weight excluding hydrogens is 384 g/mol. The number of hydrogen-bond acceptors (Lipinski definition) is 7. The van der Waals surface area contributed by atoms with Crippen LogP contribution in [0.2, 0.25) is 0 Å². The van der Waals surface area contributed by atoms with Crippen molar-refractivity contribution in [3.63, 3.8) is 0 Å². The summed E-state index contributed by atoms with van der Waals surface area (Å²) >= 11 is 1.76. The van der Waals surface area contributed by atoms with Gasteiger partial charge in [-0.15, -0.1) is 11.3 Å². The van der Waals surface area contributed by atoms with Crippen LogP contribution in [0.5, 0.6) is 5.75 Å². The average Bonchev–Trinajstić information content (AvgIpc) is 3.02. The van der Waals surface area contributed by atoms with E-state index < -0.39 is 0 Å². The number of ether oxygens (including phenoxy) is 2. The summed E-state index contributed by atoms with van der Waals surface area (Å²) in [6.45, 7) is 9.27. The van der Waals surface area contributed by atoms with E-state index in [4.69, 9.17) is 19.4 Å². The van der Waals surface area contributed by atoms with Gasteiger partial charge in [0.05, 0.1) is 32.3 Å². The van der Waals surface area contributed by atoms with Crippen molar-refractivity contribution in [2.24, 2.45) is 0 Å². The molecule has 1 aromatic carbocycles. The molecule has 1 fully saturated rings. The van der Waals surface area contributed by atoms with Crippen LogP contribution < -0.4 is 9.64 Å². The summed E-state index contributed by atoms with van der Waals surface area (Å²) in [6.07, 6.45) is 0. The largest absolute Gasteiger partial charge is 0.497 e. The van der Waals surface area contributed by atoms with E-state index in [1.165, 1.54) is 21.4 Å². The topological polar surface area (TPSA) is 50.7 Å². The number of methoxy groups -OCH3 is 1. The van der Waals surface area contributed by atoms with Gasteiger partial charge in [-0.3, -0.25) is 4.90 Å². The molecule has 0 radical (unpaired) electrons. The summed E-state index contributed by atoms with van der Waals surface area (Å²) < 4.78 is 10.9. The number of anilines is 1. The van der Waals surface area contributed by atoms with Crippen LogP contribution in [0.15, 0.2) is 24.3 Å². The fourth-order valence-corrected chi connectivity index (χ4v) is 4.74. The number of hydrogen-bond donors (Lipinski definition) is 0. The number of nitrogens with zero attached hydrogens (tertiary/aromatic N) is 4. The molecular formula is C22H28N4O2S. The Morgan fingerprint density at radius 3 is 2.76 bits per heavy atom. The first-order chi connectivity index (χ1) is 14.0. The lowest BCUT2D eigenvalue weighted by molar-refractivity contribution is 0.0331. The molecule has 154 valence electrons. The van der Waals surface area contributed by atoms with E-state index in [9.17, 15) is 0 Å². The lowest BCUT2D eigenvalue weighted by atomic mass is 10.1. The molecule has 7 heteroatoms. The first-order valence-corrected chi connectivity index (χ1v) is 10.8. The maximum Gasteiger partial charge on any atom is 0.146 e. The summed E-state index contributed by atoms with van der Waals surface area (Å²) in [5.41, 5.74) is 2.47. The molecule has 0 aliphatic carbocycles. The van der Waals surface area contributed by atoms with Crippen LogP contribution in [-0.2, 0) is 17.8 Å². The van der Waals surface area contributed by atoms with E-state index in [1.54, 1.807) is 18.4 Å². The Morgan fingerprint density at radius 1 is 1.21 bits per heavy atom. The minimum Gasteiger partial charge on any atom is -0.497 e. The van der Waals surface area contributed by atoms with Crippen LogP contribution in [-0.4, -0.2) is 55.3 Å². The highest BCUT2D eigenvalue weighted by Gasteiger charge is 2.20. The van der Waals surface area contributed by atoms with Crippen molar-refractivity contribution < 1.29 is 9.47 Å². The zero-order chi connectivity index (χ0) is 20.4. The lowest BCUT2D eigenvalue weighted by Gasteiger charge is -2.26. The Kier molecular flexibility index (Phi) is 5.99. The molecule has 3 heterocycles. The molecule has 2 aromatic heterocycles. The van der Waals surface area contributed by atoms with Crippen LogP contribution in [0.4, 0.5) is 5.82 Å². The molecule has 0 N–H and O–H groups in total. The van der Waals surface area contributed by atoms with Crippen molar-refractivity contribution in [2.45, 2.75) is 26.9 Å². The van der Waals surface area contributed by atoms with E-state index >= 15 is 0 Å². The third kappa shape index (κ3) is 4.37. The Balaban J connectivity index is 1.68. The first-order valence-electron chi connectivity index (χ1n) is 9.96. The Morgan fingerprint density at radius 2 is 2.00 bits per heavy atom. The summed E-state index contributed by atoms with van der Waals surface area (Å²) in [6, 6.07) is 8.20. The highest BCUT2D eigenvalue weighted by molar-refractivity contribution is 7.18. The van der Waals surface area contributed by atoms with Crippen molar-refractivity contribution in [2.75, 3.05) is 45.4 Å². The third-order valence-corrected chi connectivity index (χ3v) is 6.54. The molecule has 0 spiro atoms. The van der Waals surface area contributed by atoms with E-state index in [0.717, 1.165) is 61.6 Å². The minimum atomic E-state index is 0.759. The van der Waals surface area contributed by atoms with E-state index in [-0.39, 0.29) is 0 Å². The molecule has 29 heavy (non-hydrogen) atoms. The van der Waals surface area contributed by atoms with Gasteiger partial charge in [0.1, 0.15) is 22.2 Å². The van der Waals surface area contributed by atoms with Crippen molar-refractivity contribution in [1.29, 1.82) is 0 Å². The third-order valence-electron chi connectivity index (χ3n) is 5.44. The molecule has 0 amide bonds. The Hall–Kier alpha value is -2.22. The predicted molar refractivity (Wildman–Crippen MR) is 118 cm³/mol. The van der Waals surface area contributed by atoms with Gasteiger partial charge >= 0.3 is 0 Å². The number of thiophene rings is 1. The smallest absolute Gasteiger partial charge is 0.146 e. The zero-order valence-electron chi connectivity index (χ0n) is 17.6. The highest BCUT2D eigenvalue weighted by atomic mass is 32.1. The zero-order valence-corrected chi connectivity index (χ0v) is 18.4. The van der Waals surface area contributed by atoms with Crippen LogP contribution in [0.25, 0.3) is 10.2 Å². The minimum absolute atomic E-state index is 0.759. The normalized spacial score (nSPS) is 15.0. The molecule has 3 aromatic rings. The molecule has 1 aliphatic rings. The highest BCUT2D eigenvalue weighted by Crippen LogP contribution is 2.35. The SMILES string of the molecule is COc1cccc(CN(C)c2nc(CN3CCOCC3)nc3sc(C)c(C)c23)c1. The number of aromatic nitrogens is 2. The van der Waals surface area contributed by atoms with E-state index in [0.29, 0.717) is 0 Å². The van der Waals surface area contributed by atoms with Gasteiger partial charge in [0.2, 0.25) is 0 Å². The summed E-state index contributed by atoms with van der Waals surface area (Å²) in [5, 5.41) is 1.17. The van der Waals surface area contributed by atoms with E-state index in [1.807, 2.05) is 12.1 Å². The second-order valence-corrected chi connectivity index (χ2v) is 8.73. The predicted octanol–water partition coefficient (Wildman–Crippen LogP) is 3.79. The van der Waals surface area contributed by atoms with Gasteiger partial charge in [-0.1, -0.05) is 12.1 Å². The average molecular weight is 413 g/mol. The molecule has 0 saturated carbocycles.